The topological polar surface area (TPSA) is 70.1 Å². The zero-order chi connectivity index (χ0) is 15.6. The zero-order valence-electron chi connectivity index (χ0n) is 12.2. The van der Waals surface area contributed by atoms with Crippen molar-refractivity contribution in [2.24, 2.45) is 10.9 Å². The Kier molecular flexibility index (Phi) is 4.16. The van der Waals surface area contributed by atoms with E-state index < -0.39 is 23.8 Å². The van der Waals surface area contributed by atoms with E-state index in [1.165, 1.54) is 14.1 Å². The molecule has 0 unspecified atom stereocenters. The van der Waals surface area contributed by atoms with Gasteiger partial charge in [0.1, 0.15) is 0 Å². The van der Waals surface area contributed by atoms with E-state index >= 15 is 0 Å². The van der Waals surface area contributed by atoms with Crippen molar-refractivity contribution < 1.29 is 14.4 Å². The molecule has 1 saturated heterocycles. The summed E-state index contributed by atoms with van der Waals surface area (Å²) in [5.74, 6) is -2.07. The van der Waals surface area contributed by atoms with E-state index in [4.69, 9.17) is 0 Å². The summed E-state index contributed by atoms with van der Waals surface area (Å²) in [7, 11) is 2.73. The highest BCUT2D eigenvalue weighted by Crippen LogP contribution is 2.17. The normalized spacial score (nSPS) is 17.7. The molecule has 1 heterocycles. The highest BCUT2D eigenvalue weighted by atomic mass is 16.2. The molecule has 0 atom stereocenters. The smallest absolute Gasteiger partial charge is 0.288 e. The Morgan fingerprint density at radius 3 is 2.10 bits per heavy atom. The summed E-state index contributed by atoms with van der Waals surface area (Å²) in [4.78, 5) is 42.1. The number of imide groups is 2. The number of rotatable bonds is 3. The van der Waals surface area contributed by atoms with Crippen molar-refractivity contribution in [3.05, 3.63) is 35.9 Å². The van der Waals surface area contributed by atoms with E-state index in [0.29, 0.717) is 12.3 Å². The molecule has 0 saturated carbocycles. The predicted octanol–water partition coefficient (Wildman–Crippen LogP) is 1.31. The number of hydrogen-bond donors (Lipinski definition) is 0. The predicted molar refractivity (Wildman–Crippen MR) is 77.7 cm³/mol. The molecule has 1 aliphatic heterocycles. The van der Waals surface area contributed by atoms with E-state index in [0.717, 1.165) is 15.4 Å². The molecule has 2 rings (SSSR count). The van der Waals surface area contributed by atoms with Crippen LogP contribution in [-0.2, 0) is 16.1 Å². The Morgan fingerprint density at radius 1 is 1.05 bits per heavy atom. The van der Waals surface area contributed by atoms with Crippen LogP contribution in [0, 0.1) is 5.92 Å². The quantitative estimate of drug-likeness (QED) is 0.621. The molecule has 0 radical (unpaired) electrons. The lowest BCUT2D eigenvalue weighted by molar-refractivity contribution is -0.144. The average molecular weight is 287 g/mol. The van der Waals surface area contributed by atoms with Crippen LogP contribution in [-0.4, -0.2) is 47.5 Å². The van der Waals surface area contributed by atoms with Crippen molar-refractivity contribution in [1.82, 2.24) is 9.80 Å². The summed E-state index contributed by atoms with van der Waals surface area (Å²) in [6.45, 7) is 2.03. The second-order valence-corrected chi connectivity index (χ2v) is 4.95. The minimum Gasteiger partial charge on any atom is -0.288 e. The minimum atomic E-state index is -1.01. The molecule has 6 heteroatoms. The second kappa shape index (κ2) is 5.87. The van der Waals surface area contributed by atoms with Crippen LogP contribution in [0.4, 0.5) is 4.79 Å². The van der Waals surface area contributed by atoms with E-state index in [1.54, 1.807) is 6.92 Å². The fourth-order valence-corrected chi connectivity index (χ4v) is 2.15. The van der Waals surface area contributed by atoms with Crippen LogP contribution in [0.25, 0.3) is 0 Å². The number of carbonyl (C=O) groups is 3. The maximum absolute atomic E-state index is 12.1. The van der Waals surface area contributed by atoms with Crippen LogP contribution in [0.5, 0.6) is 0 Å². The molecular formula is C15H17N3O3. The number of urea groups is 1. The van der Waals surface area contributed by atoms with Crippen LogP contribution in [0.2, 0.25) is 0 Å². The van der Waals surface area contributed by atoms with Gasteiger partial charge in [-0.1, -0.05) is 30.3 Å². The molecule has 21 heavy (non-hydrogen) atoms. The van der Waals surface area contributed by atoms with Gasteiger partial charge in [0.15, 0.2) is 5.92 Å². The SMILES string of the molecule is CC(=NCc1ccccc1)C1C(=O)N(C)C(=O)N(C)C1=O. The van der Waals surface area contributed by atoms with Gasteiger partial charge in [-0.05, 0) is 12.5 Å². The molecule has 1 fully saturated rings. The van der Waals surface area contributed by atoms with Crippen LogP contribution in [0.3, 0.4) is 0 Å². The van der Waals surface area contributed by atoms with Crippen molar-refractivity contribution in [2.45, 2.75) is 13.5 Å². The van der Waals surface area contributed by atoms with Crippen LogP contribution in [0.1, 0.15) is 12.5 Å². The molecule has 0 bridgehead atoms. The van der Waals surface area contributed by atoms with Gasteiger partial charge in [0.05, 0.1) is 6.54 Å². The fraction of sp³-hybridized carbons (Fsp3) is 0.333. The third-order valence-corrected chi connectivity index (χ3v) is 3.50. The highest BCUT2D eigenvalue weighted by Gasteiger charge is 2.43. The number of aliphatic imine (C=N–C) groups is 1. The Balaban J connectivity index is 2.21. The summed E-state index contributed by atoms with van der Waals surface area (Å²) in [6.07, 6.45) is 0. The number of hydrogen-bond acceptors (Lipinski definition) is 4. The maximum Gasteiger partial charge on any atom is 0.332 e. The molecule has 0 aliphatic carbocycles. The summed E-state index contributed by atoms with van der Waals surface area (Å²) in [5, 5.41) is 0. The van der Waals surface area contributed by atoms with Crippen molar-refractivity contribution in [1.29, 1.82) is 0 Å². The molecule has 1 aromatic carbocycles. The molecule has 1 aromatic rings. The number of benzene rings is 1. The molecular weight excluding hydrogens is 270 g/mol. The van der Waals surface area contributed by atoms with Gasteiger partial charge in [-0.2, -0.15) is 0 Å². The number of carbonyl (C=O) groups excluding carboxylic acids is 3. The first-order valence-electron chi connectivity index (χ1n) is 6.57. The van der Waals surface area contributed by atoms with Gasteiger partial charge in [0, 0.05) is 19.8 Å². The van der Waals surface area contributed by atoms with Gasteiger partial charge >= 0.3 is 6.03 Å². The van der Waals surface area contributed by atoms with Gasteiger partial charge < -0.3 is 0 Å². The molecule has 1 aliphatic rings. The molecule has 110 valence electrons. The van der Waals surface area contributed by atoms with Gasteiger partial charge in [0.2, 0.25) is 11.8 Å². The summed E-state index contributed by atoms with van der Waals surface area (Å²) in [5.41, 5.74) is 1.41. The third kappa shape index (κ3) is 2.84. The fourth-order valence-electron chi connectivity index (χ4n) is 2.15. The molecule has 0 spiro atoms. The summed E-state index contributed by atoms with van der Waals surface area (Å²) in [6, 6.07) is 8.93. The van der Waals surface area contributed by atoms with Crippen LogP contribution < -0.4 is 0 Å². The minimum absolute atomic E-state index is 0.394. The van der Waals surface area contributed by atoms with E-state index in [-0.39, 0.29) is 0 Å². The van der Waals surface area contributed by atoms with Gasteiger partial charge in [-0.15, -0.1) is 0 Å². The van der Waals surface area contributed by atoms with E-state index in [1.807, 2.05) is 30.3 Å². The van der Waals surface area contributed by atoms with Crippen LogP contribution in [0.15, 0.2) is 35.3 Å². The van der Waals surface area contributed by atoms with Crippen LogP contribution >= 0.6 is 0 Å². The Bertz CT molecular complexity index is 586. The average Bonchev–Trinajstić information content (AvgIpc) is 2.50. The first-order chi connectivity index (χ1) is 9.93. The monoisotopic (exact) mass is 287 g/mol. The van der Waals surface area contributed by atoms with Gasteiger partial charge in [-0.3, -0.25) is 24.4 Å². The van der Waals surface area contributed by atoms with Crippen molar-refractivity contribution >= 4 is 23.6 Å². The lowest BCUT2D eigenvalue weighted by atomic mass is 9.99. The molecule has 6 nitrogen and oxygen atoms in total. The molecule has 0 N–H and O–H groups in total. The van der Waals surface area contributed by atoms with Crippen molar-refractivity contribution in [2.75, 3.05) is 14.1 Å². The Labute approximate surface area is 123 Å². The Hall–Kier alpha value is -2.50. The molecule has 4 amide bonds. The van der Waals surface area contributed by atoms with Gasteiger partial charge in [0.25, 0.3) is 0 Å². The standard InChI is InChI=1S/C15H17N3O3/c1-10(16-9-11-7-5-4-6-8-11)12-13(19)17(2)15(21)18(3)14(12)20/h4-8,12H,9H2,1-3H3. The number of nitrogens with zero attached hydrogens (tertiary/aromatic N) is 3. The lowest BCUT2D eigenvalue weighted by Gasteiger charge is -2.32. The van der Waals surface area contributed by atoms with E-state index in [2.05, 4.69) is 4.99 Å². The Morgan fingerprint density at radius 2 is 1.57 bits per heavy atom. The maximum atomic E-state index is 12.1. The van der Waals surface area contributed by atoms with E-state index in [9.17, 15) is 14.4 Å². The number of amides is 4. The van der Waals surface area contributed by atoms with Crippen molar-refractivity contribution in [3.63, 3.8) is 0 Å². The summed E-state index contributed by atoms with van der Waals surface area (Å²) >= 11 is 0. The molecule has 0 aromatic heterocycles. The zero-order valence-corrected chi connectivity index (χ0v) is 12.2. The number of barbiturate groups is 1. The first kappa shape index (κ1) is 14.9. The van der Waals surface area contributed by atoms with Crippen molar-refractivity contribution in [3.8, 4) is 0 Å². The van der Waals surface area contributed by atoms with Gasteiger partial charge in [-0.25, -0.2) is 4.79 Å². The second-order valence-electron chi connectivity index (χ2n) is 4.95. The third-order valence-electron chi connectivity index (χ3n) is 3.50. The largest absolute Gasteiger partial charge is 0.332 e. The lowest BCUT2D eigenvalue weighted by Crippen LogP contribution is -2.58. The summed E-state index contributed by atoms with van der Waals surface area (Å²) < 4.78 is 0. The first-order valence-corrected chi connectivity index (χ1v) is 6.57. The highest BCUT2D eigenvalue weighted by molar-refractivity contribution is 6.26.